The van der Waals surface area contributed by atoms with Gasteiger partial charge in [-0.25, -0.2) is 4.39 Å². The molecule has 1 heterocycles. The largest absolute Gasteiger partial charge is 0.484 e. The summed E-state index contributed by atoms with van der Waals surface area (Å²) >= 11 is 6.11. The number of quaternary nitrogens is 1. The summed E-state index contributed by atoms with van der Waals surface area (Å²) in [5.74, 6) is -0.414. The van der Waals surface area contributed by atoms with E-state index in [4.69, 9.17) is 16.3 Å². The van der Waals surface area contributed by atoms with Crippen LogP contribution in [0.5, 0.6) is 5.75 Å². The number of carbonyl (C=O) groups excluding carboxylic acids is 1. The van der Waals surface area contributed by atoms with Gasteiger partial charge in [0.15, 0.2) is 6.61 Å². The van der Waals surface area contributed by atoms with Crippen molar-refractivity contribution in [1.82, 2.24) is 0 Å². The Hall–Kier alpha value is -2.31. The predicted molar refractivity (Wildman–Crippen MR) is 101 cm³/mol. The van der Waals surface area contributed by atoms with Gasteiger partial charge in [-0.1, -0.05) is 17.7 Å². The molecule has 2 N–H and O–H groups in total. The molecule has 1 fully saturated rings. The van der Waals surface area contributed by atoms with E-state index in [1.165, 1.54) is 23.1 Å². The first-order valence-electron chi connectivity index (χ1n) is 8.55. The number of ether oxygens (including phenoxy) is 1. The van der Waals surface area contributed by atoms with Crippen LogP contribution in [0.1, 0.15) is 0 Å². The molecule has 3 rings (SSSR count). The van der Waals surface area contributed by atoms with E-state index in [1.807, 2.05) is 12.1 Å². The van der Waals surface area contributed by atoms with Crippen molar-refractivity contribution in [3.63, 3.8) is 0 Å². The van der Waals surface area contributed by atoms with Crippen molar-refractivity contribution < 1.29 is 18.8 Å². The first-order chi connectivity index (χ1) is 12.5. The quantitative estimate of drug-likeness (QED) is 0.834. The van der Waals surface area contributed by atoms with Crippen molar-refractivity contribution in [1.29, 1.82) is 0 Å². The minimum absolute atomic E-state index is 0.206. The zero-order valence-electron chi connectivity index (χ0n) is 14.6. The van der Waals surface area contributed by atoms with Gasteiger partial charge >= 0.3 is 0 Å². The van der Waals surface area contributed by atoms with Gasteiger partial charge in [0.2, 0.25) is 0 Å². The fraction of sp³-hybridized carbons (Fsp3) is 0.316. The molecule has 26 heavy (non-hydrogen) atoms. The zero-order chi connectivity index (χ0) is 18.5. The summed E-state index contributed by atoms with van der Waals surface area (Å²) in [6, 6.07) is 11.2. The topological polar surface area (TPSA) is 46.0 Å². The van der Waals surface area contributed by atoms with Crippen LogP contribution in [-0.4, -0.2) is 45.7 Å². The van der Waals surface area contributed by atoms with Crippen LogP contribution >= 0.6 is 11.6 Å². The lowest BCUT2D eigenvalue weighted by Crippen LogP contribution is -3.12. The maximum atomic E-state index is 13.2. The number of likely N-dealkylation sites (N-methyl/N-ethyl adjacent to an activating group) is 1. The van der Waals surface area contributed by atoms with E-state index in [-0.39, 0.29) is 12.5 Å². The standard InChI is InChI=1S/C19H21ClFN3O2/c1-23-7-9-24(10-8-23)18-6-5-14(20)11-17(18)22-19(25)13-26-16-4-2-3-15(21)12-16/h2-6,11-12H,7-10,13H2,1H3,(H,22,25)/p+1. The second-order valence-electron chi connectivity index (χ2n) is 6.40. The number of amides is 1. The van der Waals surface area contributed by atoms with Crippen LogP contribution in [0.3, 0.4) is 0 Å². The molecule has 0 aliphatic carbocycles. The van der Waals surface area contributed by atoms with Gasteiger partial charge in [0.25, 0.3) is 5.91 Å². The Bertz CT molecular complexity index is 779. The van der Waals surface area contributed by atoms with Crippen molar-refractivity contribution in [2.45, 2.75) is 0 Å². The average molecular weight is 379 g/mol. The van der Waals surface area contributed by atoms with E-state index >= 15 is 0 Å². The van der Waals surface area contributed by atoms with Crippen LogP contribution in [0.25, 0.3) is 0 Å². The summed E-state index contributed by atoms with van der Waals surface area (Å²) in [6.07, 6.45) is 0. The molecule has 2 aromatic carbocycles. The Morgan fingerprint density at radius 2 is 2.04 bits per heavy atom. The molecule has 1 amide bonds. The molecular weight excluding hydrogens is 357 g/mol. The molecule has 2 aromatic rings. The van der Waals surface area contributed by atoms with Crippen LogP contribution in [-0.2, 0) is 4.79 Å². The average Bonchev–Trinajstić information content (AvgIpc) is 2.61. The predicted octanol–water partition coefficient (Wildman–Crippen LogP) is 1.83. The van der Waals surface area contributed by atoms with E-state index in [2.05, 4.69) is 17.3 Å². The number of nitrogens with zero attached hydrogens (tertiary/aromatic N) is 1. The number of hydrogen-bond donors (Lipinski definition) is 2. The van der Waals surface area contributed by atoms with Gasteiger partial charge < -0.3 is 19.9 Å². The highest BCUT2D eigenvalue weighted by Gasteiger charge is 2.20. The van der Waals surface area contributed by atoms with Crippen LogP contribution in [0.2, 0.25) is 5.02 Å². The van der Waals surface area contributed by atoms with Crippen LogP contribution in [0.15, 0.2) is 42.5 Å². The van der Waals surface area contributed by atoms with Crippen LogP contribution in [0, 0.1) is 5.82 Å². The smallest absolute Gasteiger partial charge is 0.262 e. The lowest BCUT2D eigenvalue weighted by atomic mass is 10.2. The number of hydrogen-bond acceptors (Lipinski definition) is 3. The Balaban J connectivity index is 1.66. The summed E-state index contributed by atoms with van der Waals surface area (Å²) in [4.78, 5) is 16.0. The molecule has 0 radical (unpaired) electrons. The normalized spacial score (nSPS) is 15.0. The highest BCUT2D eigenvalue weighted by Crippen LogP contribution is 2.29. The lowest BCUT2D eigenvalue weighted by molar-refractivity contribution is -0.880. The number of anilines is 2. The monoisotopic (exact) mass is 378 g/mol. The molecule has 1 aliphatic heterocycles. The Labute approximate surface area is 157 Å². The summed E-state index contributed by atoms with van der Waals surface area (Å²) in [5, 5.41) is 3.40. The summed E-state index contributed by atoms with van der Waals surface area (Å²) in [7, 11) is 2.17. The summed E-state index contributed by atoms with van der Waals surface area (Å²) in [5.41, 5.74) is 1.60. The Kier molecular flexibility index (Phi) is 5.96. The third-order valence-electron chi connectivity index (χ3n) is 4.36. The van der Waals surface area contributed by atoms with Crippen molar-refractivity contribution >= 4 is 28.9 Å². The summed E-state index contributed by atoms with van der Waals surface area (Å²) < 4.78 is 18.5. The fourth-order valence-electron chi connectivity index (χ4n) is 2.91. The van der Waals surface area contributed by atoms with Crippen molar-refractivity contribution in [3.05, 3.63) is 53.3 Å². The van der Waals surface area contributed by atoms with Gasteiger partial charge in [-0.05, 0) is 30.3 Å². The number of piperazine rings is 1. The second kappa shape index (κ2) is 8.38. The lowest BCUT2D eigenvalue weighted by Gasteiger charge is -2.33. The van der Waals surface area contributed by atoms with Gasteiger partial charge in [-0.15, -0.1) is 0 Å². The molecule has 5 nitrogen and oxygen atoms in total. The van der Waals surface area contributed by atoms with Crippen LogP contribution < -0.4 is 19.9 Å². The van der Waals surface area contributed by atoms with Gasteiger partial charge in [-0.3, -0.25) is 4.79 Å². The maximum absolute atomic E-state index is 13.2. The number of halogens is 2. The number of benzene rings is 2. The third kappa shape index (κ3) is 4.86. The third-order valence-corrected chi connectivity index (χ3v) is 4.59. The molecule has 0 bridgehead atoms. The molecule has 1 aliphatic rings. The fourth-order valence-corrected chi connectivity index (χ4v) is 3.08. The maximum Gasteiger partial charge on any atom is 0.262 e. The SMILES string of the molecule is C[NH+]1CCN(c2ccc(Cl)cc2NC(=O)COc2cccc(F)c2)CC1. The molecule has 0 atom stereocenters. The molecule has 0 saturated carbocycles. The molecule has 7 heteroatoms. The summed E-state index contributed by atoms with van der Waals surface area (Å²) in [6.45, 7) is 3.70. The molecule has 0 aromatic heterocycles. The number of nitrogens with one attached hydrogen (secondary N) is 2. The van der Waals surface area contributed by atoms with Gasteiger partial charge in [0.05, 0.1) is 44.6 Å². The highest BCUT2D eigenvalue weighted by molar-refractivity contribution is 6.31. The van der Waals surface area contributed by atoms with E-state index in [9.17, 15) is 9.18 Å². The molecule has 138 valence electrons. The second-order valence-corrected chi connectivity index (χ2v) is 6.84. The molecule has 0 unspecified atom stereocenters. The molecular formula is C19H22ClFN3O2+. The van der Waals surface area contributed by atoms with Gasteiger partial charge in [0.1, 0.15) is 11.6 Å². The van der Waals surface area contributed by atoms with Crippen molar-refractivity contribution in [3.8, 4) is 5.75 Å². The molecule has 1 saturated heterocycles. The Morgan fingerprint density at radius 3 is 2.77 bits per heavy atom. The molecule has 0 spiro atoms. The Morgan fingerprint density at radius 1 is 1.27 bits per heavy atom. The first kappa shape index (κ1) is 18.5. The highest BCUT2D eigenvalue weighted by atomic mass is 35.5. The zero-order valence-corrected chi connectivity index (χ0v) is 15.4. The van der Waals surface area contributed by atoms with E-state index in [0.29, 0.717) is 16.5 Å². The minimum atomic E-state index is -0.405. The minimum Gasteiger partial charge on any atom is -0.484 e. The van der Waals surface area contributed by atoms with Gasteiger partial charge in [0, 0.05) is 11.1 Å². The van der Waals surface area contributed by atoms with Crippen LogP contribution in [0.4, 0.5) is 15.8 Å². The first-order valence-corrected chi connectivity index (χ1v) is 8.93. The van der Waals surface area contributed by atoms with E-state index < -0.39 is 5.82 Å². The number of carbonyl (C=O) groups is 1. The van der Waals surface area contributed by atoms with E-state index in [0.717, 1.165) is 31.9 Å². The van der Waals surface area contributed by atoms with Crippen molar-refractivity contribution in [2.75, 3.05) is 50.1 Å². The van der Waals surface area contributed by atoms with Gasteiger partial charge in [-0.2, -0.15) is 0 Å². The number of rotatable bonds is 5. The van der Waals surface area contributed by atoms with E-state index in [1.54, 1.807) is 12.1 Å². The van der Waals surface area contributed by atoms with Crippen molar-refractivity contribution in [2.24, 2.45) is 0 Å².